The third kappa shape index (κ3) is 3.80. The Hall–Kier alpha value is -6.51. The average Bonchev–Trinajstić information content (AvgIpc) is 3.56. The summed E-state index contributed by atoms with van der Waals surface area (Å²) in [6, 6.07) is 59.0. The Morgan fingerprint density at radius 2 is 0.755 bits per heavy atom. The molecule has 2 heterocycles. The minimum Gasteiger partial charge on any atom is -0.455 e. The van der Waals surface area contributed by atoms with Crippen LogP contribution in [0.4, 0.5) is 0 Å². The van der Waals surface area contributed by atoms with Crippen molar-refractivity contribution < 1.29 is 4.42 Å². The SMILES string of the molecule is c1cc(-c2ccc3c4ccccc4c4cc5c6ccccc6c6ccccc6c5cc4c3c2)nc(-c2cccc3c2oc2ccccc23)c1. The standard InChI is InChI=1S/C47H27NO/c1-4-14-32-29(11-1)30-12-2-5-15-33(30)41-27-43-39-25-28(23-24-35(39)31-13-3-6-16-34(31)42(43)26-40(32)41)44-20-10-21-45(48-44)38-19-9-18-37-36-17-7-8-22-46(36)49-47(37)38/h1-27H. The Morgan fingerprint density at radius 1 is 0.306 bits per heavy atom. The maximum Gasteiger partial charge on any atom is 0.144 e. The van der Waals surface area contributed by atoms with E-state index in [0.29, 0.717) is 0 Å². The molecule has 0 unspecified atom stereocenters. The molecule has 11 rings (SSSR count). The highest BCUT2D eigenvalue weighted by Gasteiger charge is 2.16. The van der Waals surface area contributed by atoms with Crippen LogP contribution in [0, 0.1) is 0 Å². The van der Waals surface area contributed by atoms with Crippen LogP contribution in [0.1, 0.15) is 0 Å². The molecule has 226 valence electrons. The number of hydrogen-bond donors (Lipinski definition) is 0. The first kappa shape index (κ1) is 26.5. The number of aromatic nitrogens is 1. The molecule has 2 aromatic heterocycles. The summed E-state index contributed by atoms with van der Waals surface area (Å²) in [5.41, 5.74) is 5.68. The maximum absolute atomic E-state index is 6.38. The van der Waals surface area contributed by atoms with Crippen LogP contribution in [0.3, 0.4) is 0 Å². The molecule has 0 radical (unpaired) electrons. The number of furan rings is 1. The zero-order valence-electron chi connectivity index (χ0n) is 26.4. The van der Waals surface area contributed by atoms with Crippen LogP contribution in [0.2, 0.25) is 0 Å². The van der Waals surface area contributed by atoms with Gasteiger partial charge in [0.25, 0.3) is 0 Å². The Labute approximate surface area is 281 Å². The lowest BCUT2D eigenvalue weighted by Crippen LogP contribution is -1.90. The van der Waals surface area contributed by atoms with Gasteiger partial charge in [0.1, 0.15) is 11.2 Å². The van der Waals surface area contributed by atoms with E-state index in [0.717, 1.165) is 44.5 Å². The summed E-state index contributed by atoms with van der Waals surface area (Å²) in [6.07, 6.45) is 0. The second-order valence-electron chi connectivity index (χ2n) is 13.0. The van der Waals surface area contributed by atoms with Gasteiger partial charge in [0.05, 0.1) is 11.4 Å². The van der Waals surface area contributed by atoms with Gasteiger partial charge in [0.2, 0.25) is 0 Å². The average molecular weight is 622 g/mol. The lowest BCUT2D eigenvalue weighted by atomic mass is 9.88. The Kier molecular flexibility index (Phi) is 5.42. The zero-order valence-corrected chi connectivity index (χ0v) is 26.4. The van der Waals surface area contributed by atoms with Crippen LogP contribution in [0.25, 0.3) is 109 Å². The number of benzene rings is 9. The van der Waals surface area contributed by atoms with Crippen LogP contribution in [0.5, 0.6) is 0 Å². The molecule has 11 aromatic rings. The molecule has 2 heteroatoms. The van der Waals surface area contributed by atoms with Crippen molar-refractivity contribution in [2.45, 2.75) is 0 Å². The highest BCUT2D eigenvalue weighted by atomic mass is 16.3. The quantitative estimate of drug-likeness (QED) is 0.142. The molecule has 0 aliphatic heterocycles. The summed E-state index contributed by atoms with van der Waals surface area (Å²) in [4.78, 5) is 5.25. The number of nitrogens with zero attached hydrogens (tertiary/aromatic N) is 1. The minimum atomic E-state index is 0.871. The molecule has 0 spiro atoms. The lowest BCUT2D eigenvalue weighted by molar-refractivity contribution is 0.670. The van der Waals surface area contributed by atoms with Gasteiger partial charge in [-0.15, -0.1) is 0 Å². The predicted molar refractivity (Wildman–Crippen MR) is 207 cm³/mol. The summed E-state index contributed by atoms with van der Waals surface area (Å²) in [6.45, 7) is 0. The molecular formula is C47H27NO. The third-order valence-electron chi connectivity index (χ3n) is 10.4. The van der Waals surface area contributed by atoms with E-state index in [-0.39, 0.29) is 0 Å². The van der Waals surface area contributed by atoms with Crippen LogP contribution in [0.15, 0.2) is 168 Å². The van der Waals surface area contributed by atoms with Gasteiger partial charge in [-0.25, -0.2) is 4.98 Å². The number of hydrogen-bond acceptors (Lipinski definition) is 2. The topological polar surface area (TPSA) is 26.0 Å². The smallest absolute Gasteiger partial charge is 0.144 e. The molecule has 0 saturated carbocycles. The molecular weight excluding hydrogens is 595 g/mol. The van der Waals surface area contributed by atoms with Gasteiger partial charge in [-0.2, -0.15) is 0 Å². The highest BCUT2D eigenvalue weighted by molar-refractivity contribution is 6.33. The first-order valence-electron chi connectivity index (χ1n) is 16.8. The van der Waals surface area contributed by atoms with E-state index in [9.17, 15) is 0 Å². The van der Waals surface area contributed by atoms with E-state index < -0.39 is 0 Å². The summed E-state index contributed by atoms with van der Waals surface area (Å²) in [5.74, 6) is 0. The van der Waals surface area contributed by atoms with Crippen molar-refractivity contribution in [1.29, 1.82) is 0 Å². The van der Waals surface area contributed by atoms with Gasteiger partial charge >= 0.3 is 0 Å². The number of rotatable bonds is 2. The molecule has 0 bridgehead atoms. The fraction of sp³-hybridized carbons (Fsp3) is 0. The summed E-state index contributed by atoms with van der Waals surface area (Å²) >= 11 is 0. The van der Waals surface area contributed by atoms with Crippen molar-refractivity contribution in [2.75, 3.05) is 0 Å². The van der Waals surface area contributed by atoms with Crippen molar-refractivity contribution in [2.24, 2.45) is 0 Å². The Morgan fingerprint density at radius 3 is 1.39 bits per heavy atom. The van der Waals surface area contributed by atoms with Crippen molar-refractivity contribution in [3.8, 4) is 22.5 Å². The van der Waals surface area contributed by atoms with E-state index in [1.54, 1.807) is 0 Å². The van der Waals surface area contributed by atoms with E-state index in [1.807, 2.05) is 12.1 Å². The first-order valence-corrected chi connectivity index (χ1v) is 16.8. The van der Waals surface area contributed by atoms with Gasteiger partial charge in [-0.05, 0) is 107 Å². The van der Waals surface area contributed by atoms with Gasteiger partial charge in [0.15, 0.2) is 0 Å². The number of para-hydroxylation sites is 2. The van der Waals surface area contributed by atoms with Gasteiger partial charge in [-0.1, -0.05) is 121 Å². The summed E-state index contributed by atoms with van der Waals surface area (Å²) in [5, 5.41) is 17.5. The van der Waals surface area contributed by atoms with Crippen LogP contribution < -0.4 is 0 Å². The molecule has 0 atom stereocenters. The summed E-state index contributed by atoms with van der Waals surface area (Å²) < 4.78 is 6.38. The van der Waals surface area contributed by atoms with Crippen LogP contribution in [-0.2, 0) is 0 Å². The normalized spacial score (nSPS) is 12.1. The molecule has 0 saturated heterocycles. The van der Waals surface area contributed by atoms with Gasteiger partial charge in [-0.3, -0.25) is 0 Å². The van der Waals surface area contributed by atoms with E-state index in [2.05, 4.69) is 152 Å². The fourth-order valence-electron chi connectivity index (χ4n) is 8.21. The van der Waals surface area contributed by atoms with Crippen molar-refractivity contribution in [3.05, 3.63) is 164 Å². The molecule has 0 amide bonds. The molecule has 0 aliphatic carbocycles. The Bertz CT molecular complexity index is 3170. The van der Waals surface area contributed by atoms with Gasteiger partial charge < -0.3 is 4.42 Å². The monoisotopic (exact) mass is 621 g/mol. The van der Waals surface area contributed by atoms with Crippen LogP contribution in [-0.4, -0.2) is 4.98 Å². The van der Waals surface area contributed by atoms with E-state index in [4.69, 9.17) is 9.40 Å². The molecule has 0 aliphatic rings. The van der Waals surface area contributed by atoms with E-state index >= 15 is 0 Å². The molecule has 2 nitrogen and oxygen atoms in total. The molecule has 0 N–H and O–H groups in total. The minimum absolute atomic E-state index is 0.871. The van der Waals surface area contributed by atoms with E-state index in [1.165, 1.54) is 64.6 Å². The highest BCUT2D eigenvalue weighted by Crippen LogP contribution is 2.43. The third-order valence-corrected chi connectivity index (χ3v) is 10.4. The van der Waals surface area contributed by atoms with Gasteiger partial charge in [0, 0.05) is 21.9 Å². The lowest BCUT2D eigenvalue weighted by Gasteiger charge is -2.16. The second kappa shape index (κ2) is 10.00. The summed E-state index contributed by atoms with van der Waals surface area (Å²) in [7, 11) is 0. The first-order chi connectivity index (χ1) is 24.3. The second-order valence-corrected chi connectivity index (χ2v) is 13.0. The Balaban J connectivity index is 1.19. The molecule has 0 fully saturated rings. The number of fused-ring (bicyclic) bond motifs is 15. The molecule has 9 aromatic carbocycles. The molecule has 49 heavy (non-hydrogen) atoms. The zero-order chi connectivity index (χ0) is 32.1. The number of pyridine rings is 1. The van der Waals surface area contributed by atoms with Crippen molar-refractivity contribution in [1.82, 2.24) is 4.98 Å². The largest absolute Gasteiger partial charge is 0.455 e. The van der Waals surface area contributed by atoms with Crippen molar-refractivity contribution >= 4 is 86.6 Å². The fourth-order valence-corrected chi connectivity index (χ4v) is 8.21. The predicted octanol–water partition coefficient (Wildman–Crippen LogP) is 13.2. The van der Waals surface area contributed by atoms with Crippen LogP contribution >= 0.6 is 0 Å². The van der Waals surface area contributed by atoms with Crippen molar-refractivity contribution in [3.63, 3.8) is 0 Å². The maximum atomic E-state index is 6.38.